The Kier molecular flexibility index (Phi) is 6.50. The summed E-state index contributed by atoms with van der Waals surface area (Å²) in [4.78, 5) is 24.1. The molecule has 2 aromatic rings. The molecule has 2 heterocycles. The molecule has 0 saturated carbocycles. The van der Waals surface area contributed by atoms with E-state index in [9.17, 15) is 14.7 Å². The summed E-state index contributed by atoms with van der Waals surface area (Å²) in [7, 11) is 0. The Balaban J connectivity index is 1.53. The number of carbonyl (C=O) groups excluding carboxylic acids is 2. The fraction of sp³-hybridized carbons (Fsp3) is 0.364. The number of thioether (sulfide) groups is 1. The van der Waals surface area contributed by atoms with Crippen LogP contribution in [0.25, 0.3) is 0 Å². The summed E-state index contributed by atoms with van der Waals surface area (Å²) in [6.07, 6.45) is -0.274. The first-order chi connectivity index (χ1) is 14.6. The third-order valence-corrected chi connectivity index (χ3v) is 6.17. The molecule has 0 bridgehead atoms. The van der Waals surface area contributed by atoms with E-state index in [1.807, 2.05) is 36.6 Å². The maximum atomic E-state index is 12.8. The zero-order valence-corrected chi connectivity index (χ0v) is 17.2. The average Bonchev–Trinajstić information content (AvgIpc) is 2.81. The number of aldehydes is 1. The molecule has 3 unspecified atom stereocenters. The number of hydrogen-bond acceptors (Lipinski definition) is 7. The van der Waals surface area contributed by atoms with Crippen molar-refractivity contribution in [1.82, 2.24) is 5.32 Å². The molecule has 6 atom stereocenters. The van der Waals surface area contributed by atoms with Crippen LogP contribution < -0.4 is 5.32 Å². The molecule has 30 heavy (non-hydrogen) atoms. The summed E-state index contributed by atoms with van der Waals surface area (Å²) in [6, 6.07) is 15.3. The molecule has 2 N–H and O–H groups in total. The minimum atomic E-state index is -1.01. The Morgan fingerprint density at radius 2 is 1.87 bits per heavy atom. The van der Waals surface area contributed by atoms with Gasteiger partial charge < -0.3 is 24.6 Å². The van der Waals surface area contributed by atoms with E-state index in [1.54, 1.807) is 24.3 Å². The minimum Gasteiger partial charge on any atom is -0.388 e. The van der Waals surface area contributed by atoms with E-state index < -0.39 is 42.0 Å². The van der Waals surface area contributed by atoms with Gasteiger partial charge in [-0.25, -0.2) is 0 Å². The van der Waals surface area contributed by atoms with Crippen LogP contribution in [-0.2, 0) is 14.2 Å². The molecular weight excluding hydrogens is 406 g/mol. The Morgan fingerprint density at radius 3 is 2.60 bits per heavy atom. The fourth-order valence-corrected chi connectivity index (χ4v) is 4.54. The monoisotopic (exact) mass is 429 g/mol. The van der Waals surface area contributed by atoms with Crippen LogP contribution in [0.5, 0.6) is 0 Å². The predicted molar refractivity (Wildman–Crippen MR) is 111 cm³/mol. The summed E-state index contributed by atoms with van der Waals surface area (Å²) < 4.78 is 17.9. The van der Waals surface area contributed by atoms with Crippen LogP contribution >= 0.6 is 11.8 Å². The molecule has 2 saturated heterocycles. The van der Waals surface area contributed by atoms with E-state index in [2.05, 4.69) is 5.32 Å². The van der Waals surface area contributed by atoms with E-state index in [0.717, 1.165) is 5.56 Å². The molecule has 0 aliphatic carbocycles. The molecule has 158 valence electrons. The van der Waals surface area contributed by atoms with Crippen LogP contribution in [0.2, 0.25) is 0 Å². The standard InChI is InChI=1S/C22H23NO6S/c1-30-22-17(23-20(26)15-10-6-5-9-14(15)11-24)18(25)19-16(28-22)12-27-21(29-19)13-7-3-2-4-8-13/h2-11,16-19,21-22,25H,12H2,1H3,(H,23,26)/t16?,17-,18?,19-,21?,22+/m1/s1. The minimum absolute atomic E-state index is 0.247. The van der Waals surface area contributed by atoms with Crippen molar-refractivity contribution >= 4 is 24.0 Å². The number of ether oxygens (including phenoxy) is 3. The van der Waals surface area contributed by atoms with Gasteiger partial charge in [0.15, 0.2) is 12.6 Å². The highest BCUT2D eigenvalue weighted by atomic mass is 32.2. The van der Waals surface area contributed by atoms with Gasteiger partial charge >= 0.3 is 0 Å². The van der Waals surface area contributed by atoms with Crippen molar-refractivity contribution in [2.24, 2.45) is 0 Å². The van der Waals surface area contributed by atoms with Crippen LogP contribution in [0.15, 0.2) is 54.6 Å². The Bertz CT molecular complexity index is 894. The van der Waals surface area contributed by atoms with Gasteiger partial charge in [-0.2, -0.15) is 0 Å². The number of aliphatic hydroxyl groups is 1. The summed E-state index contributed by atoms with van der Waals surface area (Å²) in [5.41, 5.74) is 0.882. The van der Waals surface area contributed by atoms with Crippen molar-refractivity contribution < 1.29 is 28.9 Å². The van der Waals surface area contributed by atoms with Crippen molar-refractivity contribution in [3.05, 3.63) is 71.3 Å². The number of fused-ring (bicyclic) bond motifs is 1. The van der Waals surface area contributed by atoms with Gasteiger partial charge in [-0.05, 0) is 12.3 Å². The number of nitrogens with one attached hydrogen (secondary N) is 1. The van der Waals surface area contributed by atoms with Crippen molar-refractivity contribution in [3.8, 4) is 0 Å². The predicted octanol–water partition coefficient (Wildman–Crippen LogP) is 2.16. The van der Waals surface area contributed by atoms with Crippen LogP contribution in [0.3, 0.4) is 0 Å². The Labute approximate surface area is 178 Å². The summed E-state index contributed by atoms with van der Waals surface area (Å²) >= 11 is 1.38. The number of carbonyl (C=O) groups is 2. The number of hydrogen-bond donors (Lipinski definition) is 2. The first kappa shape index (κ1) is 21.0. The quantitative estimate of drug-likeness (QED) is 0.704. The molecule has 7 nitrogen and oxygen atoms in total. The normalized spacial score (nSPS) is 30.9. The average molecular weight is 429 g/mol. The molecule has 1 amide bonds. The molecule has 2 aliphatic heterocycles. The topological polar surface area (TPSA) is 94.1 Å². The molecule has 2 fully saturated rings. The highest BCUT2D eigenvalue weighted by molar-refractivity contribution is 7.99. The molecular formula is C22H23NO6S. The SMILES string of the molecule is CS[C@@H]1OC2COC(c3ccccc3)O[C@H]2C(O)[C@H]1NC(=O)c1ccccc1C=O. The molecule has 8 heteroatoms. The smallest absolute Gasteiger partial charge is 0.252 e. The number of aliphatic hydroxyl groups excluding tert-OH is 1. The highest BCUT2D eigenvalue weighted by Gasteiger charge is 2.49. The van der Waals surface area contributed by atoms with Crippen LogP contribution in [0.4, 0.5) is 0 Å². The van der Waals surface area contributed by atoms with Crippen LogP contribution in [0.1, 0.15) is 32.6 Å². The summed E-state index contributed by atoms with van der Waals surface area (Å²) in [6.45, 7) is 0.271. The van der Waals surface area contributed by atoms with E-state index in [4.69, 9.17) is 14.2 Å². The maximum Gasteiger partial charge on any atom is 0.252 e. The second kappa shape index (κ2) is 9.28. The van der Waals surface area contributed by atoms with E-state index in [0.29, 0.717) is 6.29 Å². The summed E-state index contributed by atoms with van der Waals surface area (Å²) in [5, 5.41) is 13.9. The second-order valence-electron chi connectivity index (χ2n) is 7.15. The first-order valence-electron chi connectivity index (χ1n) is 9.65. The van der Waals surface area contributed by atoms with E-state index >= 15 is 0 Å². The zero-order chi connectivity index (χ0) is 21.1. The van der Waals surface area contributed by atoms with Gasteiger partial charge in [0.1, 0.15) is 23.7 Å². The summed E-state index contributed by atoms with van der Waals surface area (Å²) in [5.74, 6) is -0.450. The molecule has 0 radical (unpaired) electrons. The van der Waals surface area contributed by atoms with Crippen LogP contribution in [-0.4, -0.2) is 60.0 Å². The maximum absolute atomic E-state index is 12.8. The molecule has 0 spiro atoms. The van der Waals surface area contributed by atoms with Crippen molar-refractivity contribution in [3.63, 3.8) is 0 Å². The van der Waals surface area contributed by atoms with Gasteiger partial charge in [-0.15, -0.1) is 11.8 Å². The van der Waals surface area contributed by atoms with Crippen LogP contribution in [0, 0.1) is 0 Å². The van der Waals surface area contributed by atoms with Gasteiger partial charge in [0.05, 0.1) is 12.6 Å². The lowest BCUT2D eigenvalue weighted by atomic mass is 9.96. The lowest BCUT2D eigenvalue weighted by Crippen LogP contribution is -2.65. The zero-order valence-electron chi connectivity index (χ0n) is 16.3. The van der Waals surface area contributed by atoms with Gasteiger partial charge in [0.2, 0.25) is 0 Å². The van der Waals surface area contributed by atoms with Gasteiger partial charge in [-0.3, -0.25) is 9.59 Å². The van der Waals surface area contributed by atoms with Crippen molar-refractivity contribution in [2.75, 3.05) is 12.9 Å². The lowest BCUT2D eigenvalue weighted by Gasteiger charge is -2.47. The van der Waals surface area contributed by atoms with Crippen molar-refractivity contribution in [1.29, 1.82) is 0 Å². The second-order valence-corrected chi connectivity index (χ2v) is 8.09. The molecule has 0 aromatic heterocycles. The number of benzene rings is 2. The molecule has 4 rings (SSSR count). The highest BCUT2D eigenvalue weighted by Crippen LogP contribution is 2.36. The van der Waals surface area contributed by atoms with Crippen molar-refractivity contribution in [2.45, 2.75) is 36.1 Å². The fourth-order valence-electron chi connectivity index (χ4n) is 3.76. The van der Waals surface area contributed by atoms with Gasteiger partial charge in [-0.1, -0.05) is 48.5 Å². The Hall–Kier alpha value is -2.23. The van der Waals surface area contributed by atoms with E-state index in [-0.39, 0.29) is 17.7 Å². The lowest BCUT2D eigenvalue weighted by molar-refractivity contribution is -0.306. The van der Waals surface area contributed by atoms with E-state index in [1.165, 1.54) is 11.8 Å². The first-order valence-corrected chi connectivity index (χ1v) is 10.9. The number of rotatable bonds is 5. The Morgan fingerprint density at radius 1 is 1.13 bits per heavy atom. The third-order valence-electron chi connectivity index (χ3n) is 5.30. The molecule has 2 aliphatic rings. The number of amides is 1. The van der Waals surface area contributed by atoms with Gasteiger partial charge in [0.25, 0.3) is 5.91 Å². The third kappa shape index (κ3) is 4.14. The molecule has 2 aromatic carbocycles. The largest absolute Gasteiger partial charge is 0.388 e. The van der Waals surface area contributed by atoms with Gasteiger partial charge in [0, 0.05) is 16.7 Å².